The van der Waals surface area contributed by atoms with Crippen LogP contribution in [0.15, 0.2) is 35.5 Å². The van der Waals surface area contributed by atoms with Crippen molar-refractivity contribution in [2.24, 2.45) is 12.2 Å². The van der Waals surface area contributed by atoms with E-state index in [9.17, 15) is 0 Å². The van der Waals surface area contributed by atoms with Gasteiger partial charge in [0.05, 0.1) is 5.69 Å². The summed E-state index contributed by atoms with van der Waals surface area (Å²) in [5.41, 5.74) is 1.87. The van der Waals surface area contributed by atoms with Crippen LogP contribution in [0.4, 0.5) is 0 Å². The Bertz CT molecular complexity index is 457. The molecule has 1 aromatic heterocycles. The van der Waals surface area contributed by atoms with Crippen LogP contribution >= 0.6 is 0 Å². The maximum atomic E-state index is 8.37. The Morgan fingerprint density at radius 1 is 1.38 bits per heavy atom. The number of aromatic nitrogens is 1. The van der Waals surface area contributed by atoms with Crippen molar-refractivity contribution in [3.05, 3.63) is 36.0 Å². The molecule has 3 nitrogen and oxygen atoms in total. The molecule has 3 heteroatoms. The molecular weight excluding hydrogens is 164 g/mol. The van der Waals surface area contributed by atoms with Gasteiger partial charge in [-0.15, -0.1) is 0 Å². The molecule has 65 valence electrons. The normalized spacial score (nSPS) is 11.5. The van der Waals surface area contributed by atoms with Gasteiger partial charge in [0, 0.05) is 18.0 Å². The molecule has 1 N–H and O–H groups in total. The summed E-state index contributed by atoms with van der Waals surface area (Å²) >= 11 is 0. The molecule has 0 atom stereocenters. The number of benzene rings is 1. The summed E-state index contributed by atoms with van der Waals surface area (Å²) in [6.07, 6.45) is 2.51. The third-order valence-corrected chi connectivity index (χ3v) is 2.12. The maximum Gasteiger partial charge on any atom is 0.157 e. The molecule has 0 saturated carbocycles. The first-order valence-corrected chi connectivity index (χ1v) is 3.97. The van der Waals surface area contributed by atoms with E-state index in [1.807, 2.05) is 41.9 Å². The van der Waals surface area contributed by atoms with E-state index in [2.05, 4.69) is 11.4 Å². The molecule has 0 bridgehead atoms. The van der Waals surface area contributed by atoms with Gasteiger partial charge in [0.1, 0.15) is 0 Å². The van der Waals surface area contributed by atoms with E-state index in [4.69, 9.17) is 5.21 Å². The van der Waals surface area contributed by atoms with E-state index in [1.54, 1.807) is 0 Å². The van der Waals surface area contributed by atoms with Crippen LogP contribution in [0, 0.1) is 0 Å². The molecule has 1 radical (unpaired) electrons. The van der Waals surface area contributed by atoms with Gasteiger partial charge in [-0.3, -0.25) is 0 Å². The molecule has 1 heterocycles. The monoisotopic (exact) mass is 173 g/mol. The third kappa shape index (κ3) is 1.18. The van der Waals surface area contributed by atoms with Crippen molar-refractivity contribution in [2.75, 3.05) is 0 Å². The molecule has 2 rings (SSSR count). The zero-order valence-electron chi connectivity index (χ0n) is 7.23. The summed E-state index contributed by atoms with van der Waals surface area (Å²) in [6.45, 7) is 0. The minimum atomic E-state index is 0.767. The van der Waals surface area contributed by atoms with Crippen LogP contribution in [0.1, 0.15) is 5.69 Å². The van der Waals surface area contributed by atoms with Crippen molar-refractivity contribution in [3.8, 4) is 0 Å². The van der Waals surface area contributed by atoms with Crippen LogP contribution in [0.3, 0.4) is 0 Å². The summed E-state index contributed by atoms with van der Waals surface area (Å²) in [7, 11) is 1.91. The van der Waals surface area contributed by atoms with Crippen molar-refractivity contribution >= 4 is 17.1 Å². The van der Waals surface area contributed by atoms with Gasteiger partial charge in [0.25, 0.3) is 0 Å². The number of fused-ring (bicyclic) bond motifs is 1. The topological polar surface area (TPSA) is 37.5 Å². The number of rotatable bonds is 1. The Morgan fingerprint density at radius 2 is 2.15 bits per heavy atom. The molecule has 0 aliphatic heterocycles. The highest BCUT2D eigenvalue weighted by Gasteiger charge is 2.02. The van der Waals surface area contributed by atoms with Crippen molar-refractivity contribution in [1.29, 1.82) is 0 Å². The number of para-hydroxylation sites is 1. The lowest BCUT2D eigenvalue weighted by atomic mass is 10.2. The largest absolute Gasteiger partial charge is 0.410 e. The van der Waals surface area contributed by atoms with E-state index < -0.39 is 0 Å². The number of nitrogens with zero attached hydrogens (tertiary/aromatic N) is 2. The van der Waals surface area contributed by atoms with Crippen LogP contribution in [-0.4, -0.2) is 16.0 Å². The fraction of sp³-hybridized carbons (Fsp3) is 0.100. The van der Waals surface area contributed by atoms with Crippen molar-refractivity contribution < 1.29 is 5.21 Å². The number of hydrogen-bond acceptors (Lipinski definition) is 2. The average Bonchev–Trinajstić information content (AvgIpc) is 2.46. The predicted octanol–water partition coefficient (Wildman–Crippen LogP) is 1.86. The fourth-order valence-electron chi connectivity index (χ4n) is 1.45. The van der Waals surface area contributed by atoms with Crippen LogP contribution in [-0.2, 0) is 7.05 Å². The van der Waals surface area contributed by atoms with Crippen LogP contribution < -0.4 is 0 Å². The first-order chi connectivity index (χ1) is 6.33. The second-order valence-electron chi connectivity index (χ2n) is 2.86. The Morgan fingerprint density at radius 3 is 2.85 bits per heavy atom. The first kappa shape index (κ1) is 7.86. The molecule has 0 aliphatic rings. The van der Waals surface area contributed by atoms with Crippen molar-refractivity contribution in [3.63, 3.8) is 0 Å². The second-order valence-corrected chi connectivity index (χ2v) is 2.86. The molecule has 0 fully saturated rings. The quantitative estimate of drug-likeness (QED) is 0.399. The Hall–Kier alpha value is -1.77. The molecular formula is C10H9N2O. The van der Waals surface area contributed by atoms with Crippen LogP contribution in [0.5, 0.6) is 0 Å². The summed E-state index contributed by atoms with van der Waals surface area (Å²) < 4.78 is 1.93. The van der Waals surface area contributed by atoms with Gasteiger partial charge < -0.3 is 9.77 Å². The third-order valence-electron chi connectivity index (χ3n) is 2.12. The minimum Gasteiger partial charge on any atom is -0.410 e. The van der Waals surface area contributed by atoms with Gasteiger partial charge in [0.15, 0.2) is 6.21 Å². The first-order valence-electron chi connectivity index (χ1n) is 3.97. The van der Waals surface area contributed by atoms with Crippen LogP contribution in [0.25, 0.3) is 10.9 Å². The molecule has 2 aromatic rings. The van der Waals surface area contributed by atoms with Crippen molar-refractivity contribution in [2.45, 2.75) is 0 Å². The summed E-state index contributed by atoms with van der Waals surface area (Å²) in [5, 5.41) is 12.4. The number of hydrogen-bond donors (Lipinski definition) is 1. The Balaban J connectivity index is 2.73. The molecule has 1 aromatic carbocycles. The fourth-order valence-corrected chi connectivity index (χ4v) is 1.45. The standard InChI is InChI=1S/C10H9N2O/c1-12-9(7-11-13)6-8-4-2-3-5-10(8)12/h2-6,13H,1H3. The van der Waals surface area contributed by atoms with E-state index >= 15 is 0 Å². The summed E-state index contributed by atoms with van der Waals surface area (Å²) in [6, 6.07) is 9.90. The second kappa shape index (κ2) is 2.94. The zero-order valence-corrected chi connectivity index (χ0v) is 7.23. The van der Waals surface area contributed by atoms with Crippen molar-refractivity contribution in [1.82, 2.24) is 4.57 Å². The molecule has 0 aliphatic carbocycles. The Kier molecular flexibility index (Phi) is 1.77. The van der Waals surface area contributed by atoms with E-state index in [1.165, 1.54) is 0 Å². The molecule has 0 saturated heterocycles. The average molecular weight is 173 g/mol. The van der Waals surface area contributed by atoms with Crippen LogP contribution in [0.2, 0.25) is 0 Å². The van der Waals surface area contributed by atoms with E-state index in [0.717, 1.165) is 16.6 Å². The minimum absolute atomic E-state index is 0.767. The van der Waals surface area contributed by atoms with Gasteiger partial charge in [-0.25, -0.2) is 0 Å². The number of aryl methyl sites for hydroxylation is 1. The Labute approximate surface area is 75.9 Å². The van der Waals surface area contributed by atoms with Gasteiger partial charge in [-0.05, 0) is 12.1 Å². The lowest BCUT2D eigenvalue weighted by Gasteiger charge is -1.96. The van der Waals surface area contributed by atoms with E-state index in [-0.39, 0.29) is 0 Å². The highest BCUT2D eigenvalue weighted by atomic mass is 16.4. The van der Waals surface area contributed by atoms with Gasteiger partial charge in [-0.1, -0.05) is 23.4 Å². The van der Waals surface area contributed by atoms with E-state index in [0.29, 0.717) is 0 Å². The van der Waals surface area contributed by atoms with Gasteiger partial charge in [-0.2, -0.15) is 0 Å². The molecule has 0 amide bonds. The lowest BCUT2D eigenvalue weighted by molar-refractivity contribution is 0.321. The van der Waals surface area contributed by atoms with Gasteiger partial charge >= 0.3 is 0 Å². The molecule has 13 heavy (non-hydrogen) atoms. The van der Waals surface area contributed by atoms with Gasteiger partial charge in [0.2, 0.25) is 0 Å². The lowest BCUT2D eigenvalue weighted by Crippen LogP contribution is -1.93. The predicted molar refractivity (Wildman–Crippen MR) is 51.2 cm³/mol. The summed E-state index contributed by atoms with van der Waals surface area (Å²) in [4.78, 5) is 0. The molecule has 0 unspecified atom stereocenters. The summed E-state index contributed by atoms with van der Waals surface area (Å²) in [5.74, 6) is 0. The highest BCUT2D eigenvalue weighted by molar-refractivity contribution is 5.90. The highest BCUT2D eigenvalue weighted by Crippen LogP contribution is 2.16. The zero-order chi connectivity index (χ0) is 9.26. The maximum absolute atomic E-state index is 8.37. The smallest absolute Gasteiger partial charge is 0.157 e. The SMILES string of the molecule is Cn1c(/[C]=N/O)cc2ccccc21. The molecule has 0 spiro atoms.